The first-order chi connectivity index (χ1) is 10.0. The summed E-state index contributed by atoms with van der Waals surface area (Å²) in [5.74, 6) is 0. The van der Waals surface area contributed by atoms with E-state index in [2.05, 4.69) is 68.4 Å². The molecular weight excluding hydrogens is 276 g/mol. The van der Waals surface area contributed by atoms with Crippen LogP contribution in [0.3, 0.4) is 0 Å². The first-order valence-corrected chi connectivity index (χ1v) is 8.43. The van der Waals surface area contributed by atoms with Gasteiger partial charge in [-0.3, -0.25) is 4.90 Å². The molecule has 1 aromatic carbocycles. The van der Waals surface area contributed by atoms with E-state index in [1.165, 1.54) is 21.6 Å². The fraction of sp³-hybridized carbons (Fsp3) is 0.444. The van der Waals surface area contributed by atoms with Crippen LogP contribution >= 0.6 is 11.3 Å². The second-order valence-electron chi connectivity index (χ2n) is 5.84. The molecule has 2 unspecified atom stereocenters. The molecule has 0 saturated carbocycles. The van der Waals surface area contributed by atoms with Crippen LogP contribution in [0.15, 0.2) is 35.7 Å². The quantitative estimate of drug-likeness (QED) is 0.876. The smallest absolute Gasteiger partial charge is 0.0473 e. The highest BCUT2D eigenvalue weighted by Gasteiger charge is 2.22. The van der Waals surface area contributed by atoms with E-state index in [1.54, 1.807) is 0 Å². The molecule has 3 heteroatoms. The van der Waals surface area contributed by atoms with Crippen LogP contribution in [0, 0.1) is 13.8 Å². The van der Waals surface area contributed by atoms with Crippen LogP contribution in [0.4, 0.5) is 0 Å². The van der Waals surface area contributed by atoms with E-state index in [1.807, 2.05) is 11.3 Å². The maximum Gasteiger partial charge on any atom is 0.0473 e. The van der Waals surface area contributed by atoms with Crippen LogP contribution in [0.1, 0.15) is 34.5 Å². The van der Waals surface area contributed by atoms with Crippen LogP contribution in [0.25, 0.3) is 0 Å². The number of nitrogens with zero attached hydrogens (tertiary/aromatic N) is 1. The first kappa shape index (κ1) is 16.2. The fourth-order valence-corrected chi connectivity index (χ4v) is 3.64. The van der Waals surface area contributed by atoms with Gasteiger partial charge in [0.05, 0.1) is 0 Å². The molecule has 0 fully saturated rings. The number of nitrogens with two attached hydrogens (primary N) is 1. The molecule has 0 aliphatic rings. The Morgan fingerprint density at radius 2 is 1.95 bits per heavy atom. The highest BCUT2D eigenvalue weighted by Crippen LogP contribution is 2.26. The Labute approximate surface area is 132 Å². The molecule has 0 bridgehead atoms. The Kier molecular flexibility index (Phi) is 5.57. The van der Waals surface area contributed by atoms with Crippen molar-refractivity contribution < 1.29 is 0 Å². The fourth-order valence-electron chi connectivity index (χ4n) is 2.82. The van der Waals surface area contributed by atoms with Crippen molar-refractivity contribution in [1.29, 1.82) is 0 Å². The van der Waals surface area contributed by atoms with Gasteiger partial charge in [-0.15, -0.1) is 11.3 Å². The van der Waals surface area contributed by atoms with Crippen LogP contribution in [0.5, 0.6) is 0 Å². The Hall–Kier alpha value is -1.16. The summed E-state index contributed by atoms with van der Waals surface area (Å²) in [5, 5.41) is 2.15. The van der Waals surface area contributed by atoms with Gasteiger partial charge < -0.3 is 5.73 Å². The van der Waals surface area contributed by atoms with Gasteiger partial charge in [0.15, 0.2) is 0 Å². The van der Waals surface area contributed by atoms with Gasteiger partial charge in [0.1, 0.15) is 0 Å². The van der Waals surface area contributed by atoms with Crippen LogP contribution in [-0.2, 0) is 6.42 Å². The van der Waals surface area contributed by atoms with E-state index < -0.39 is 0 Å². The van der Waals surface area contributed by atoms with Crippen molar-refractivity contribution in [1.82, 2.24) is 4.90 Å². The zero-order valence-corrected chi connectivity index (χ0v) is 14.3. The van der Waals surface area contributed by atoms with Gasteiger partial charge in [0.25, 0.3) is 0 Å². The van der Waals surface area contributed by atoms with Gasteiger partial charge >= 0.3 is 0 Å². The Morgan fingerprint density at radius 1 is 1.19 bits per heavy atom. The van der Waals surface area contributed by atoms with Gasteiger partial charge in [-0.2, -0.15) is 0 Å². The van der Waals surface area contributed by atoms with Crippen molar-refractivity contribution in [2.75, 3.05) is 13.6 Å². The van der Waals surface area contributed by atoms with E-state index in [0.717, 1.165) is 6.42 Å². The third-order valence-electron chi connectivity index (χ3n) is 4.49. The van der Waals surface area contributed by atoms with Crippen molar-refractivity contribution in [3.8, 4) is 0 Å². The average Bonchev–Trinajstić information content (AvgIpc) is 2.97. The molecule has 0 spiro atoms. The van der Waals surface area contributed by atoms with E-state index in [4.69, 9.17) is 5.73 Å². The molecule has 114 valence electrons. The lowest BCUT2D eigenvalue weighted by Gasteiger charge is -2.34. The molecule has 2 rings (SSSR count). The summed E-state index contributed by atoms with van der Waals surface area (Å²) in [4.78, 5) is 3.85. The van der Waals surface area contributed by atoms with Crippen molar-refractivity contribution in [3.63, 3.8) is 0 Å². The third-order valence-corrected chi connectivity index (χ3v) is 5.39. The molecular formula is C18H26N2S. The first-order valence-electron chi connectivity index (χ1n) is 7.55. The molecule has 2 aromatic rings. The average molecular weight is 302 g/mol. The topological polar surface area (TPSA) is 29.3 Å². The van der Waals surface area contributed by atoms with Gasteiger partial charge in [0.2, 0.25) is 0 Å². The summed E-state index contributed by atoms with van der Waals surface area (Å²) >= 11 is 1.83. The summed E-state index contributed by atoms with van der Waals surface area (Å²) in [7, 11) is 2.19. The highest BCUT2D eigenvalue weighted by molar-refractivity contribution is 7.09. The molecule has 2 nitrogen and oxygen atoms in total. The van der Waals surface area contributed by atoms with E-state index in [-0.39, 0.29) is 6.04 Å². The molecule has 21 heavy (non-hydrogen) atoms. The number of thiophene rings is 1. The zero-order chi connectivity index (χ0) is 15.4. The van der Waals surface area contributed by atoms with E-state index >= 15 is 0 Å². The van der Waals surface area contributed by atoms with Crippen molar-refractivity contribution >= 4 is 11.3 Å². The lowest BCUT2D eigenvalue weighted by molar-refractivity contribution is 0.188. The van der Waals surface area contributed by atoms with Crippen molar-refractivity contribution in [2.45, 2.75) is 39.3 Å². The number of hydrogen-bond donors (Lipinski definition) is 1. The molecule has 0 aliphatic carbocycles. The van der Waals surface area contributed by atoms with Gasteiger partial charge in [-0.05, 0) is 62.4 Å². The zero-order valence-electron chi connectivity index (χ0n) is 13.5. The second kappa shape index (κ2) is 7.21. The third kappa shape index (κ3) is 3.73. The molecule has 2 N–H and O–H groups in total. The maximum absolute atomic E-state index is 6.10. The van der Waals surface area contributed by atoms with E-state index in [0.29, 0.717) is 12.6 Å². The monoisotopic (exact) mass is 302 g/mol. The summed E-state index contributed by atoms with van der Waals surface area (Å²) < 4.78 is 0. The molecule has 0 aliphatic heterocycles. The molecule has 0 amide bonds. The van der Waals surface area contributed by atoms with Crippen molar-refractivity contribution in [3.05, 3.63) is 57.3 Å². The number of aryl methyl sites for hydroxylation is 1. The molecule has 2 atom stereocenters. The molecule has 1 aromatic heterocycles. The summed E-state index contributed by atoms with van der Waals surface area (Å²) in [5.41, 5.74) is 10.2. The lowest BCUT2D eigenvalue weighted by atomic mass is 9.95. The number of benzene rings is 1. The highest BCUT2D eigenvalue weighted by atomic mass is 32.1. The Bertz CT molecular complexity index is 563. The van der Waals surface area contributed by atoms with Gasteiger partial charge in [-0.25, -0.2) is 0 Å². The second-order valence-corrected chi connectivity index (χ2v) is 6.87. The van der Waals surface area contributed by atoms with E-state index in [9.17, 15) is 0 Å². The number of hydrogen-bond acceptors (Lipinski definition) is 3. The van der Waals surface area contributed by atoms with Gasteiger partial charge in [0, 0.05) is 23.5 Å². The van der Waals surface area contributed by atoms with Crippen molar-refractivity contribution in [2.24, 2.45) is 5.73 Å². The minimum atomic E-state index is 0.278. The largest absolute Gasteiger partial charge is 0.329 e. The minimum Gasteiger partial charge on any atom is -0.329 e. The summed E-state index contributed by atoms with van der Waals surface area (Å²) in [6.07, 6.45) is 1.08. The standard InChI is InChI=1S/C18H26N2S/c1-13-7-5-9-17(15(13)3)18(12-19)20(4)14(2)11-16-8-6-10-21-16/h5-10,14,18H,11-12,19H2,1-4H3. The lowest BCUT2D eigenvalue weighted by Crippen LogP contribution is -2.38. The maximum atomic E-state index is 6.10. The van der Waals surface area contributed by atoms with Crippen LogP contribution < -0.4 is 5.73 Å². The number of likely N-dealkylation sites (N-methyl/N-ethyl adjacent to an activating group) is 1. The SMILES string of the molecule is Cc1cccc(C(CN)N(C)C(C)Cc2cccs2)c1C. The number of rotatable bonds is 6. The normalized spacial score (nSPS) is 14.4. The predicted octanol–water partition coefficient (Wildman–Crippen LogP) is 3.93. The summed E-state index contributed by atoms with van der Waals surface area (Å²) in [6, 6.07) is 11.6. The van der Waals surface area contributed by atoms with Crippen LogP contribution in [0.2, 0.25) is 0 Å². The molecule has 0 radical (unpaired) electrons. The van der Waals surface area contributed by atoms with Crippen LogP contribution in [-0.4, -0.2) is 24.5 Å². The minimum absolute atomic E-state index is 0.278. The molecule has 1 heterocycles. The molecule has 0 saturated heterocycles. The summed E-state index contributed by atoms with van der Waals surface area (Å²) in [6.45, 7) is 7.30. The van der Waals surface area contributed by atoms with Gasteiger partial charge in [-0.1, -0.05) is 24.3 Å². The Morgan fingerprint density at radius 3 is 2.57 bits per heavy atom. The predicted molar refractivity (Wildman–Crippen MR) is 93.0 cm³/mol. The Balaban J connectivity index is 2.17.